The minimum absolute atomic E-state index is 0.0575. The summed E-state index contributed by atoms with van der Waals surface area (Å²) >= 11 is 0. The van der Waals surface area contributed by atoms with E-state index in [9.17, 15) is 24.5 Å². The second-order valence-corrected chi connectivity index (χ2v) is 7.17. The Morgan fingerprint density at radius 3 is 2.69 bits per heavy atom. The van der Waals surface area contributed by atoms with E-state index >= 15 is 0 Å². The van der Waals surface area contributed by atoms with Gasteiger partial charge in [0.1, 0.15) is 6.04 Å². The SMILES string of the molecule is CCC1CCCCN1C(=O)C(C)OC(=O)[C@H](C)NC(=O)c1cccc([N+](=O)[O-])c1. The highest BCUT2D eigenvalue weighted by Gasteiger charge is 2.31. The monoisotopic (exact) mass is 405 g/mol. The van der Waals surface area contributed by atoms with E-state index in [1.165, 1.54) is 32.0 Å². The van der Waals surface area contributed by atoms with Crippen molar-refractivity contribution in [3.05, 3.63) is 39.9 Å². The number of carbonyl (C=O) groups excluding carboxylic acids is 3. The van der Waals surface area contributed by atoms with Crippen molar-refractivity contribution in [2.24, 2.45) is 0 Å². The molecule has 1 aliphatic heterocycles. The van der Waals surface area contributed by atoms with Gasteiger partial charge in [0.25, 0.3) is 17.5 Å². The van der Waals surface area contributed by atoms with E-state index in [-0.39, 0.29) is 23.2 Å². The van der Waals surface area contributed by atoms with E-state index in [0.29, 0.717) is 6.54 Å². The van der Waals surface area contributed by atoms with Gasteiger partial charge in [0.2, 0.25) is 0 Å². The van der Waals surface area contributed by atoms with Crippen LogP contribution >= 0.6 is 0 Å². The highest BCUT2D eigenvalue weighted by atomic mass is 16.6. The summed E-state index contributed by atoms with van der Waals surface area (Å²) in [6.07, 6.45) is 2.85. The Hall–Kier alpha value is -2.97. The predicted octanol–water partition coefficient (Wildman–Crippen LogP) is 2.44. The fourth-order valence-electron chi connectivity index (χ4n) is 3.38. The maximum Gasteiger partial charge on any atom is 0.329 e. The minimum atomic E-state index is -1.01. The number of carbonyl (C=O) groups is 3. The number of nitro benzene ring substituents is 1. The van der Waals surface area contributed by atoms with Crippen molar-refractivity contribution in [2.75, 3.05) is 6.54 Å². The van der Waals surface area contributed by atoms with Crippen LogP contribution in [-0.2, 0) is 14.3 Å². The van der Waals surface area contributed by atoms with Gasteiger partial charge in [-0.05, 0) is 45.6 Å². The summed E-state index contributed by atoms with van der Waals surface area (Å²) in [6, 6.07) is 4.34. The molecule has 0 bridgehead atoms. The van der Waals surface area contributed by atoms with Crippen LogP contribution in [0.3, 0.4) is 0 Å². The molecule has 1 aliphatic rings. The van der Waals surface area contributed by atoms with Crippen LogP contribution in [-0.4, -0.2) is 52.3 Å². The Kier molecular flexibility index (Phi) is 7.69. The molecule has 0 aromatic heterocycles. The molecule has 9 heteroatoms. The Morgan fingerprint density at radius 2 is 2.03 bits per heavy atom. The lowest BCUT2D eigenvalue weighted by molar-refractivity contribution is -0.384. The number of non-ortho nitro benzene ring substituents is 1. The molecular weight excluding hydrogens is 378 g/mol. The van der Waals surface area contributed by atoms with Crippen molar-refractivity contribution in [1.82, 2.24) is 10.2 Å². The number of hydrogen-bond donors (Lipinski definition) is 1. The zero-order valence-electron chi connectivity index (χ0n) is 16.9. The molecule has 2 amide bonds. The third-order valence-electron chi connectivity index (χ3n) is 5.04. The molecule has 0 saturated carbocycles. The zero-order chi connectivity index (χ0) is 21.6. The van der Waals surface area contributed by atoms with Gasteiger partial charge in [-0.25, -0.2) is 4.79 Å². The molecule has 9 nitrogen and oxygen atoms in total. The topological polar surface area (TPSA) is 119 Å². The molecule has 1 aromatic carbocycles. The first-order chi connectivity index (χ1) is 13.7. The maximum atomic E-state index is 12.7. The van der Waals surface area contributed by atoms with E-state index in [1.54, 1.807) is 4.90 Å². The average molecular weight is 405 g/mol. The van der Waals surface area contributed by atoms with Gasteiger partial charge in [0.05, 0.1) is 4.92 Å². The van der Waals surface area contributed by atoms with Gasteiger partial charge in [0, 0.05) is 30.3 Å². The predicted molar refractivity (Wildman–Crippen MR) is 105 cm³/mol. The summed E-state index contributed by atoms with van der Waals surface area (Å²) in [4.78, 5) is 49.2. The number of rotatable bonds is 7. The van der Waals surface area contributed by atoms with Crippen LogP contribution in [0, 0.1) is 10.1 Å². The van der Waals surface area contributed by atoms with Crippen LogP contribution in [0.15, 0.2) is 24.3 Å². The molecule has 0 spiro atoms. The maximum absolute atomic E-state index is 12.7. The van der Waals surface area contributed by atoms with Gasteiger partial charge in [-0.1, -0.05) is 13.0 Å². The fourth-order valence-corrected chi connectivity index (χ4v) is 3.38. The molecule has 2 rings (SSSR count). The normalized spacial score (nSPS) is 18.4. The van der Waals surface area contributed by atoms with Crippen LogP contribution < -0.4 is 5.32 Å². The van der Waals surface area contributed by atoms with Gasteiger partial charge in [-0.3, -0.25) is 19.7 Å². The Labute approximate surface area is 169 Å². The number of piperidine rings is 1. The summed E-state index contributed by atoms with van der Waals surface area (Å²) in [6.45, 7) is 5.64. The fraction of sp³-hybridized carbons (Fsp3) is 0.550. The third-order valence-corrected chi connectivity index (χ3v) is 5.04. The van der Waals surface area contributed by atoms with Crippen LogP contribution in [0.1, 0.15) is 56.8 Å². The number of likely N-dealkylation sites (tertiary alicyclic amines) is 1. The number of amides is 2. The number of esters is 1. The second-order valence-electron chi connectivity index (χ2n) is 7.17. The van der Waals surface area contributed by atoms with Gasteiger partial charge < -0.3 is 15.0 Å². The van der Waals surface area contributed by atoms with Gasteiger partial charge in [0.15, 0.2) is 6.10 Å². The van der Waals surface area contributed by atoms with Crippen LogP contribution in [0.5, 0.6) is 0 Å². The van der Waals surface area contributed by atoms with Gasteiger partial charge >= 0.3 is 5.97 Å². The van der Waals surface area contributed by atoms with Crippen molar-refractivity contribution in [3.8, 4) is 0 Å². The molecule has 0 aliphatic carbocycles. The molecule has 158 valence electrons. The molecule has 1 N–H and O–H groups in total. The van der Waals surface area contributed by atoms with E-state index in [2.05, 4.69) is 5.32 Å². The molecule has 1 fully saturated rings. The van der Waals surface area contributed by atoms with E-state index in [0.717, 1.165) is 31.7 Å². The Balaban J connectivity index is 1.94. The Bertz CT molecular complexity index is 781. The first-order valence-corrected chi connectivity index (χ1v) is 9.80. The molecule has 2 unspecified atom stereocenters. The summed E-state index contributed by atoms with van der Waals surface area (Å²) < 4.78 is 5.27. The van der Waals surface area contributed by atoms with Gasteiger partial charge in [-0.2, -0.15) is 0 Å². The van der Waals surface area contributed by atoms with Crippen LogP contribution in [0.4, 0.5) is 5.69 Å². The highest BCUT2D eigenvalue weighted by Crippen LogP contribution is 2.21. The van der Waals surface area contributed by atoms with Crippen LogP contribution in [0.25, 0.3) is 0 Å². The number of nitrogens with one attached hydrogen (secondary N) is 1. The van der Waals surface area contributed by atoms with E-state index in [1.807, 2.05) is 6.92 Å². The smallest absolute Gasteiger partial charge is 0.329 e. The molecule has 1 heterocycles. The summed E-state index contributed by atoms with van der Waals surface area (Å²) in [5.74, 6) is -1.61. The number of hydrogen-bond acceptors (Lipinski definition) is 6. The largest absolute Gasteiger partial charge is 0.451 e. The van der Waals surface area contributed by atoms with Crippen molar-refractivity contribution >= 4 is 23.5 Å². The van der Waals surface area contributed by atoms with E-state index < -0.39 is 28.9 Å². The molecule has 29 heavy (non-hydrogen) atoms. The lowest BCUT2D eigenvalue weighted by atomic mass is 9.99. The molecular formula is C20H27N3O6. The van der Waals surface area contributed by atoms with Crippen molar-refractivity contribution in [2.45, 2.75) is 64.6 Å². The second kappa shape index (κ2) is 9.99. The summed E-state index contributed by atoms with van der Waals surface area (Å²) in [5, 5.41) is 13.3. The molecule has 1 aromatic rings. The average Bonchev–Trinajstić information content (AvgIpc) is 2.72. The van der Waals surface area contributed by atoms with Crippen molar-refractivity contribution < 1.29 is 24.0 Å². The Morgan fingerprint density at radius 1 is 1.31 bits per heavy atom. The van der Waals surface area contributed by atoms with Gasteiger partial charge in [-0.15, -0.1) is 0 Å². The zero-order valence-corrected chi connectivity index (χ0v) is 16.9. The van der Waals surface area contributed by atoms with Crippen LogP contribution in [0.2, 0.25) is 0 Å². The quantitative estimate of drug-likeness (QED) is 0.423. The van der Waals surface area contributed by atoms with E-state index in [4.69, 9.17) is 4.74 Å². The minimum Gasteiger partial charge on any atom is -0.451 e. The summed E-state index contributed by atoms with van der Waals surface area (Å²) in [5.41, 5.74) is -0.166. The molecule has 3 atom stereocenters. The molecule has 0 radical (unpaired) electrons. The first kappa shape index (κ1) is 22.3. The highest BCUT2D eigenvalue weighted by molar-refractivity contribution is 5.97. The number of nitrogens with zero attached hydrogens (tertiary/aromatic N) is 2. The number of benzene rings is 1. The third kappa shape index (κ3) is 5.75. The lowest BCUT2D eigenvalue weighted by Gasteiger charge is -2.36. The van der Waals surface area contributed by atoms with Crippen molar-refractivity contribution in [3.63, 3.8) is 0 Å². The number of ether oxygens (including phenoxy) is 1. The summed E-state index contributed by atoms with van der Waals surface area (Å²) in [7, 11) is 0. The lowest BCUT2D eigenvalue weighted by Crippen LogP contribution is -2.49. The number of nitro groups is 1. The standard InChI is InChI=1S/C20H27N3O6/c1-4-16-9-5-6-11-22(16)19(25)14(3)29-20(26)13(2)21-18(24)15-8-7-10-17(12-15)23(27)28/h7-8,10,12-14,16H,4-6,9,11H2,1-3H3,(H,21,24)/t13-,14?,16?/m0/s1. The first-order valence-electron chi connectivity index (χ1n) is 9.80. The molecule has 1 saturated heterocycles. The van der Waals surface area contributed by atoms with Crippen molar-refractivity contribution in [1.29, 1.82) is 0 Å².